The smallest absolute Gasteiger partial charge is 0.156 e. The number of hydrogen-bond acceptors (Lipinski definition) is 2. The molecule has 0 fully saturated rings. The van der Waals surface area contributed by atoms with E-state index >= 15 is 0 Å². The van der Waals surface area contributed by atoms with Gasteiger partial charge in [-0.05, 0) is 128 Å². The maximum absolute atomic E-state index is 5.29. The summed E-state index contributed by atoms with van der Waals surface area (Å²) < 4.78 is 0. The molecule has 0 spiro atoms. The summed E-state index contributed by atoms with van der Waals surface area (Å²) in [6, 6.07) is 62.9. The summed E-state index contributed by atoms with van der Waals surface area (Å²) in [7, 11) is 0. The van der Waals surface area contributed by atoms with Gasteiger partial charge in [0.2, 0.25) is 0 Å². The van der Waals surface area contributed by atoms with E-state index < -0.39 is 5.41 Å². The van der Waals surface area contributed by atoms with Crippen LogP contribution in [0.15, 0.2) is 206 Å². The molecule has 1 aromatic heterocycles. The number of hydrogen-bond donors (Lipinski definition) is 0. The zero-order valence-electron chi connectivity index (χ0n) is 32.9. The molecule has 7 aromatic carbocycles. The number of benzene rings is 7. The van der Waals surface area contributed by atoms with Gasteiger partial charge in [0.05, 0.1) is 16.8 Å². The van der Waals surface area contributed by atoms with Gasteiger partial charge in [0.25, 0.3) is 0 Å². The van der Waals surface area contributed by atoms with Crippen LogP contribution in [0.4, 0.5) is 0 Å². The molecular weight excluding hydrogens is 713 g/mol. The van der Waals surface area contributed by atoms with Crippen molar-refractivity contribution in [1.29, 1.82) is 0 Å². The Kier molecular flexibility index (Phi) is 8.70. The first-order chi connectivity index (χ1) is 29.3. The topological polar surface area (TPSA) is 25.8 Å². The Morgan fingerprint density at radius 3 is 1.97 bits per heavy atom. The fourth-order valence-corrected chi connectivity index (χ4v) is 9.73. The van der Waals surface area contributed by atoms with E-state index in [0.29, 0.717) is 0 Å². The van der Waals surface area contributed by atoms with Crippen molar-refractivity contribution in [3.63, 3.8) is 0 Å². The molecule has 2 heteroatoms. The summed E-state index contributed by atoms with van der Waals surface area (Å²) in [6.45, 7) is 0. The van der Waals surface area contributed by atoms with E-state index in [0.717, 1.165) is 54.0 Å². The molecule has 0 radical (unpaired) electrons. The molecule has 3 aliphatic carbocycles. The van der Waals surface area contributed by atoms with E-state index in [4.69, 9.17) is 9.97 Å². The van der Waals surface area contributed by atoms with Gasteiger partial charge in [-0.2, -0.15) is 0 Å². The Balaban J connectivity index is 1.18. The highest BCUT2D eigenvalue weighted by Crippen LogP contribution is 2.58. The fraction of sp³-hybridized carbons (Fsp3) is 0.0877. The number of nitrogens with zero attached hydrogens (tertiary/aromatic N) is 2. The zero-order chi connectivity index (χ0) is 39.2. The lowest BCUT2D eigenvalue weighted by Crippen LogP contribution is -2.28. The SMILES string of the molecule is C1=CCCC(c2nc(C3=CCCC=C3)cc(-c3cccc(-c4cc5c(cc4-c4cccc6ccccc46)C(c4ccccc4)(c4ccccc4)c4ccccc4-5)c3)n2)=C1. The van der Waals surface area contributed by atoms with Gasteiger partial charge in [0.1, 0.15) is 0 Å². The molecule has 0 saturated carbocycles. The van der Waals surface area contributed by atoms with Crippen molar-refractivity contribution >= 4 is 21.9 Å². The maximum Gasteiger partial charge on any atom is 0.156 e. The van der Waals surface area contributed by atoms with Crippen molar-refractivity contribution in [1.82, 2.24) is 9.97 Å². The minimum atomic E-state index is -0.507. The standard InChI is InChI=1S/C57H42N2/c1-5-20-40(21-6-1)54-38-55(59-56(58-54)41-22-7-2-8-23-41)43-26-17-25-42(35-43)49-36-51-48-32-15-16-34-52(48)57(44-27-9-3-10-28-44,45-29-11-4-12-30-45)53(51)37-50(49)47-33-18-24-39-19-13-14-31-46(39)47/h2-5,7,9-22,24-38H,1,6,8,23H2. The van der Waals surface area contributed by atoms with E-state index in [9.17, 15) is 0 Å². The quantitative estimate of drug-likeness (QED) is 0.162. The van der Waals surface area contributed by atoms with Gasteiger partial charge in [0.15, 0.2) is 5.82 Å². The first kappa shape index (κ1) is 35.0. The molecule has 280 valence electrons. The third-order valence-corrected chi connectivity index (χ3v) is 12.5. The summed E-state index contributed by atoms with van der Waals surface area (Å²) >= 11 is 0. The second-order valence-electron chi connectivity index (χ2n) is 15.8. The second kappa shape index (κ2) is 14.7. The molecule has 11 rings (SSSR count). The molecule has 8 aromatic rings. The lowest BCUT2D eigenvalue weighted by molar-refractivity contribution is 0.769. The van der Waals surface area contributed by atoms with Crippen LogP contribution in [0, 0.1) is 0 Å². The van der Waals surface area contributed by atoms with Crippen LogP contribution in [0.5, 0.6) is 0 Å². The Morgan fingerprint density at radius 1 is 0.458 bits per heavy atom. The molecule has 0 unspecified atom stereocenters. The molecule has 0 saturated heterocycles. The van der Waals surface area contributed by atoms with Crippen LogP contribution in [-0.4, -0.2) is 9.97 Å². The van der Waals surface area contributed by atoms with Crippen molar-refractivity contribution < 1.29 is 0 Å². The van der Waals surface area contributed by atoms with Crippen LogP contribution in [0.3, 0.4) is 0 Å². The molecule has 2 nitrogen and oxygen atoms in total. The lowest BCUT2D eigenvalue weighted by Gasteiger charge is -2.34. The van der Waals surface area contributed by atoms with E-state index in [1.807, 2.05) is 0 Å². The van der Waals surface area contributed by atoms with Gasteiger partial charge in [-0.1, -0.05) is 182 Å². The molecule has 1 heterocycles. The third kappa shape index (κ3) is 5.94. The highest BCUT2D eigenvalue weighted by molar-refractivity contribution is 6.03. The van der Waals surface area contributed by atoms with Crippen LogP contribution in [0.1, 0.15) is 59.5 Å². The largest absolute Gasteiger partial charge is 0.228 e. The third-order valence-electron chi connectivity index (χ3n) is 12.5. The van der Waals surface area contributed by atoms with Gasteiger partial charge in [-0.15, -0.1) is 0 Å². The molecule has 3 aliphatic rings. The highest BCUT2D eigenvalue weighted by atomic mass is 14.9. The number of aromatic nitrogens is 2. The molecule has 0 aliphatic heterocycles. The van der Waals surface area contributed by atoms with E-state index in [1.54, 1.807) is 0 Å². The molecular formula is C57H42N2. The number of fused-ring (bicyclic) bond motifs is 4. The summed E-state index contributed by atoms with van der Waals surface area (Å²) in [6.07, 6.45) is 17.3. The fourth-order valence-electron chi connectivity index (χ4n) is 9.73. The van der Waals surface area contributed by atoms with Gasteiger partial charge in [-0.3, -0.25) is 0 Å². The average Bonchev–Trinajstić information content (AvgIpc) is 3.62. The Hall–Kier alpha value is -7.16. The number of allylic oxidation sites excluding steroid dienone is 8. The molecule has 0 N–H and O–H groups in total. The van der Waals surface area contributed by atoms with E-state index in [2.05, 4.69) is 206 Å². The monoisotopic (exact) mass is 754 g/mol. The van der Waals surface area contributed by atoms with Crippen molar-refractivity contribution in [3.05, 3.63) is 240 Å². The van der Waals surface area contributed by atoms with Crippen molar-refractivity contribution in [2.24, 2.45) is 0 Å². The molecule has 0 atom stereocenters. The molecule has 0 amide bonds. The van der Waals surface area contributed by atoms with Crippen molar-refractivity contribution in [2.45, 2.75) is 31.1 Å². The normalized spacial score (nSPS) is 15.1. The summed E-state index contributed by atoms with van der Waals surface area (Å²) in [5, 5.41) is 2.46. The lowest BCUT2D eigenvalue weighted by atomic mass is 9.67. The van der Waals surface area contributed by atoms with Crippen LogP contribution in [0.25, 0.3) is 66.6 Å². The predicted molar refractivity (Wildman–Crippen MR) is 246 cm³/mol. The zero-order valence-corrected chi connectivity index (χ0v) is 32.9. The summed E-state index contributed by atoms with van der Waals surface area (Å²) in [5.74, 6) is 0.816. The van der Waals surface area contributed by atoms with E-state index in [1.165, 1.54) is 72.0 Å². The van der Waals surface area contributed by atoms with Crippen LogP contribution < -0.4 is 0 Å². The van der Waals surface area contributed by atoms with Gasteiger partial charge >= 0.3 is 0 Å². The number of rotatable bonds is 7. The minimum Gasteiger partial charge on any atom is -0.228 e. The highest BCUT2D eigenvalue weighted by Gasteiger charge is 2.46. The van der Waals surface area contributed by atoms with Gasteiger partial charge in [-0.25, -0.2) is 9.97 Å². The first-order valence-corrected chi connectivity index (χ1v) is 20.9. The second-order valence-corrected chi connectivity index (χ2v) is 15.8. The maximum atomic E-state index is 5.29. The first-order valence-electron chi connectivity index (χ1n) is 20.9. The van der Waals surface area contributed by atoms with Crippen molar-refractivity contribution in [3.8, 4) is 44.6 Å². The summed E-state index contributed by atoms with van der Waals surface area (Å²) in [5.41, 5.74) is 17.3. The average molecular weight is 755 g/mol. The summed E-state index contributed by atoms with van der Waals surface area (Å²) in [4.78, 5) is 10.4. The minimum absolute atomic E-state index is 0.507. The molecule has 0 bridgehead atoms. The van der Waals surface area contributed by atoms with E-state index in [-0.39, 0.29) is 0 Å². The van der Waals surface area contributed by atoms with Crippen LogP contribution in [-0.2, 0) is 5.41 Å². The van der Waals surface area contributed by atoms with Gasteiger partial charge in [0, 0.05) is 5.56 Å². The van der Waals surface area contributed by atoms with Crippen LogP contribution in [0.2, 0.25) is 0 Å². The van der Waals surface area contributed by atoms with Crippen molar-refractivity contribution in [2.75, 3.05) is 0 Å². The Bertz CT molecular complexity index is 2990. The van der Waals surface area contributed by atoms with Crippen LogP contribution >= 0.6 is 0 Å². The predicted octanol–water partition coefficient (Wildman–Crippen LogP) is 14.5. The molecule has 59 heavy (non-hydrogen) atoms. The Labute approximate surface area is 346 Å². The Morgan fingerprint density at radius 2 is 1.17 bits per heavy atom. The van der Waals surface area contributed by atoms with Gasteiger partial charge < -0.3 is 0 Å².